The molecule has 0 radical (unpaired) electrons. The Morgan fingerprint density at radius 1 is 1.19 bits per heavy atom. The average Bonchev–Trinajstić information content (AvgIpc) is 2.27. The molecular weight excluding hydrogens is 204 g/mol. The molecule has 0 aromatic heterocycles. The monoisotopic (exact) mass is 226 g/mol. The molecule has 3 heteroatoms. The number of hydrogen-bond donors (Lipinski definition) is 0. The van der Waals surface area contributed by atoms with Crippen LogP contribution in [0.3, 0.4) is 0 Å². The van der Waals surface area contributed by atoms with Crippen molar-refractivity contribution in [2.75, 3.05) is 7.11 Å². The fourth-order valence-corrected chi connectivity index (χ4v) is 3.50. The number of carbonyl (C=O) groups is 1. The van der Waals surface area contributed by atoms with Crippen LogP contribution in [0.1, 0.15) is 45.4 Å². The van der Waals surface area contributed by atoms with Crippen LogP contribution in [0.4, 0.5) is 0 Å². The van der Waals surface area contributed by atoms with Gasteiger partial charge in [-0.3, -0.25) is 4.79 Å². The van der Waals surface area contributed by atoms with E-state index in [2.05, 4.69) is 0 Å². The molecule has 3 nitrogen and oxygen atoms in total. The number of hydrogen-bond acceptors (Lipinski definition) is 3. The van der Waals surface area contributed by atoms with Gasteiger partial charge in [0.15, 0.2) is 0 Å². The van der Waals surface area contributed by atoms with Crippen LogP contribution in [0.25, 0.3) is 0 Å². The summed E-state index contributed by atoms with van der Waals surface area (Å²) in [6, 6.07) is 0. The van der Waals surface area contributed by atoms with Gasteiger partial charge in [-0.15, -0.1) is 0 Å². The van der Waals surface area contributed by atoms with Gasteiger partial charge in [0.05, 0.1) is 6.10 Å². The molecule has 0 bridgehead atoms. The molecular formula is C13H22O3. The lowest BCUT2D eigenvalue weighted by atomic mass is 9.68. The molecule has 0 aromatic rings. The second-order valence-electron chi connectivity index (χ2n) is 5.17. The third kappa shape index (κ3) is 2.57. The fraction of sp³-hybridized carbons (Fsp3) is 0.923. The lowest BCUT2D eigenvalue weighted by molar-refractivity contribution is -0.151. The molecule has 0 heterocycles. The van der Waals surface area contributed by atoms with Crippen LogP contribution in [0, 0.1) is 11.8 Å². The van der Waals surface area contributed by atoms with Gasteiger partial charge in [-0.1, -0.05) is 6.42 Å². The summed E-state index contributed by atoms with van der Waals surface area (Å²) in [5.74, 6) is 1.27. The molecule has 2 saturated carbocycles. The number of ether oxygens (including phenoxy) is 2. The molecule has 0 aliphatic heterocycles. The molecule has 0 saturated heterocycles. The summed E-state index contributed by atoms with van der Waals surface area (Å²) in [7, 11) is 1.82. The maximum absolute atomic E-state index is 10.9. The lowest BCUT2D eigenvalue weighted by Crippen LogP contribution is -2.40. The molecule has 4 atom stereocenters. The van der Waals surface area contributed by atoms with Crippen molar-refractivity contribution in [2.24, 2.45) is 11.8 Å². The smallest absolute Gasteiger partial charge is 0.302 e. The van der Waals surface area contributed by atoms with Crippen LogP contribution in [0.15, 0.2) is 0 Å². The Morgan fingerprint density at radius 3 is 2.69 bits per heavy atom. The van der Waals surface area contributed by atoms with E-state index in [9.17, 15) is 4.79 Å². The fourth-order valence-electron chi connectivity index (χ4n) is 3.50. The van der Waals surface area contributed by atoms with Crippen LogP contribution in [0.5, 0.6) is 0 Å². The minimum Gasteiger partial charge on any atom is -0.463 e. The van der Waals surface area contributed by atoms with Gasteiger partial charge in [-0.05, 0) is 43.9 Å². The van der Waals surface area contributed by atoms with Crippen molar-refractivity contribution >= 4 is 5.97 Å². The minimum atomic E-state index is -0.137. The van der Waals surface area contributed by atoms with Gasteiger partial charge >= 0.3 is 5.97 Å². The average molecular weight is 226 g/mol. The molecule has 92 valence electrons. The van der Waals surface area contributed by atoms with Gasteiger partial charge in [0.2, 0.25) is 0 Å². The first-order valence-corrected chi connectivity index (χ1v) is 6.40. The van der Waals surface area contributed by atoms with E-state index in [0.29, 0.717) is 17.9 Å². The van der Waals surface area contributed by atoms with E-state index in [0.717, 1.165) is 19.3 Å². The Hall–Kier alpha value is -0.570. The second kappa shape index (κ2) is 5.17. The molecule has 2 fully saturated rings. The Bertz CT molecular complexity index is 252. The lowest BCUT2D eigenvalue weighted by Gasteiger charge is -2.42. The zero-order valence-corrected chi connectivity index (χ0v) is 10.3. The number of carbonyl (C=O) groups excluding carboxylic acids is 1. The van der Waals surface area contributed by atoms with E-state index in [4.69, 9.17) is 9.47 Å². The normalized spacial score (nSPS) is 38.9. The summed E-state index contributed by atoms with van der Waals surface area (Å²) in [5.41, 5.74) is 0. The van der Waals surface area contributed by atoms with Crippen LogP contribution < -0.4 is 0 Å². The highest BCUT2D eigenvalue weighted by Crippen LogP contribution is 2.42. The van der Waals surface area contributed by atoms with Gasteiger partial charge in [0, 0.05) is 14.0 Å². The van der Waals surface area contributed by atoms with E-state index in [1.54, 1.807) is 0 Å². The number of methoxy groups -OCH3 is 1. The van der Waals surface area contributed by atoms with E-state index < -0.39 is 0 Å². The van der Waals surface area contributed by atoms with Crippen molar-refractivity contribution in [2.45, 2.75) is 57.7 Å². The highest BCUT2D eigenvalue weighted by atomic mass is 16.5. The summed E-state index contributed by atoms with van der Waals surface area (Å²) in [5, 5.41) is 0. The van der Waals surface area contributed by atoms with Gasteiger partial charge in [-0.25, -0.2) is 0 Å². The van der Waals surface area contributed by atoms with Crippen molar-refractivity contribution in [1.82, 2.24) is 0 Å². The van der Waals surface area contributed by atoms with Crippen LogP contribution in [0.2, 0.25) is 0 Å². The van der Waals surface area contributed by atoms with E-state index in [1.807, 2.05) is 7.11 Å². The largest absolute Gasteiger partial charge is 0.463 e. The third-order valence-electron chi connectivity index (χ3n) is 4.17. The summed E-state index contributed by atoms with van der Waals surface area (Å²) < 4.78 is 10.9. The first-order chi connectivity index (χ1) is 7.70. The Morgan fingerprint density at radius 2 is 2.00 bits per heavy atom. The molecule has 0 aromatic carbocycles. The standard InChI is InChI=1S/C13H22O3/c1-9(14)16-11-6-7-12-10(8-11)4-3-5-13(12)15-2/h10-13H,3-8H2,1-2H3. The molecule has 0 amide bonds. The molecule has 2 aliphatic rings. The maximum atomic E-state index is 10.9. The zero-order valence-electron chi connectivity index (χ0n) is 10.3. The summed E-state index contributed by atoms with van der Waals surface area (Å²) in [6.07, 6.45) is 7.56. The van der Waals surface area contributed by atoms with Crippen molar-refractivity contribution in [3.8, 4) is 0 Å². The van der Waals surface area contributed by atoms with Crippen molar-refractivity contribution in [3.05, 3.63) is 0 Å². The molecule has 0 spiro atoms. The van der Waals surface area contributed by atoms with Crippen LogP contribution in [-0.2, 0) is 14.3 Å². The molecule has 16 heavy (non-hydrogen) atoms. The van der Waals surface area contributed by atoms with Crippen molar-refractivity contribution in [1.29, 1.82) is 0 Å². The highest BCUT2D eigenvalue weighted by molar-refractivity contribution is 5.66. The SMILES string of the molecule is COC1CCCC2CC(OC(C)=O)CCC21. The Balaban J connectivity index is 1.92. The number of esters is 1. The Kier molecular flexibility index (Phi) is 3.85. The minimum absolute atomic E-state index is 0.137. The molecule has 4 unspecified atom stereocenters. The van der Waals surface area contributed by atoms with Gasteiger partial charge in [-0.2, -0.15) is 0 Å². The third-order valence-corrected chi connectivity index (χ3v) is 4.17. The van der Waals surface area contributed by atoms with Gasteiger partial charge < -0.3 is 9.47 Å². The molecule has 2 rings (SSSR count). The number of rotatable bonds is 2. The van der Waals surface area contributed by atoms with E-state index in [1.165, 1.54) is 26.2 Å². The predicted octanol–water partition coefficient (Wildman–Crippen LogP) is 2.53. The second-order valence-corrected chi connectivity index (χ2v) is 5.17. The van der Waals surface area contributed by atoms with E-state index in [-0.39, 0.29) is 12.1 Å². The topological polar surface area (TPSA) is 35.5 Å². The first kappa shape index (κ1) is 11.9. The van der Waals surface area contributed by atoms with Gasteiger partial charge in [0.1, 0.15) is 6.10 Å². The van der Waals surface area contributed by atoms with Crippen LogP contribution in [-0.4, -0.2) is 25.3 Å². The summed E-state index contributed by atoms with van der Waals surface area (Å²) >= 11 is 0. The zero-order chi connectivity index (χ0) is 11.5. The number of fused-ring (bicyclic) bond motifs is 1. The van der Waals surface area contributed by atoms with Crippen molar-refractivity contribution < 1.29 is 14.3 Å². The maximum Gasteiger partial charge on any atom is 0.302 e. The predicted molar refractivity (Wildman–Crippen MR) is 61.0 cm³/mol. The van der Waals surface area contributed by atoms with Gasteiger partial charge in [0.25, 0.3) is 0 Å². The summed E-state index contributed by atoms with van der Waals surface area (Å²) in [6.45, 7) is 1.50. The van der Waals surface area contributed by atoms with Crippen LogP contribution >= 0.6 is 0 Å². The first-order valence-electron chi connectivity index (χ1n) is 6.40. The van der Waals surface area contributed by atoms with Crippen molar-refractivity contribution in [3.63, 3.8) is 0 Å². The molecule has 0 N–H and O–H groups in total. The Labute approximate surface area is 97.5 Å². The highest BCUT2D eigenvalue weighted by Gasteiger charge is 2.38. The summed E-state index contributed by atoms with van der Waals surface area (Å²) in [4.78, 5) is 10.9. The van der Waals surface area contributed by atoms with E-state index >= 15 is 0 Å². The molecule has 2 aliphatic carbocycles. The quantitative estimate of drug-likeness (QED) is 0.679.